The van der Waals surface area contributed by atoms with Crippen LogP contribution in [0, 0.1) is 5.92 Å². The first kappa shape index (κ1) is 17.6. The molecular formula is C20H31N5O2. The first-order valence-electron chi connectivity index (χ1n) is 10.6. The van der Waals surface area contributed by atoms with E-state index in [0.29, 0.717) is 23.7 Å². The van der Waals surface area contributed by atoms with Gasteiger partial charge in [0.1, 0.15) is 0 Å². The Bertz CT molecular complexity index is 699. The molecule has 27 heavy (non-hydrogen) atoms. The molecule has 1 N–H and O–H groups in total. The molecule has 0 aliphatic carbocycles. The third kappa shape index (κ3) is 3.30. The van der Waals surface area contributed by atoms with Crippen LogP contribution in [0.1, 0.15) is 47.4 Å². The van der Waals surface area contributed by atoms with Gasteiger partial charge in [-0.1, -0.05) is 0 Å². The van der Waals surface area contributed by atoms with Crippen molar-refractivity contribution in [1.29, 1.82) is 0 Å². The molecule has 0 spiro atoms. The highest BCUT2D eigenvalue weighted by molar-refractivity contribution is 5.94. The summed E-state index contributed by atoms with van der Waals surface area (Å²) in [4.78, 5) is 20.5. The molecule has 7 nitrogen and oxygen atoms in total. The number of nitrogens with one attached hydrogen (secondary N) is 1. The van der Waals surface area contributed by atoms with Crippen molar-refractivity contribution in [3.63, 3.8) is 0 Å². The zero-order valence-electron chi connectivity index (χ0n) is 16.3. The summed E-state index contributed by atoms with van der Waals surface area (Å²) in [5, 5.41) is 7.60. The summed E-state index contributed by atoms with van der Waals surface area (Å²) in [6.45, 7) is 6.64. The number of hydrogen-bond donors (Lipinski definition) is 1. The summed E-state index contributed by atoms with van der Waals surface area (Å²) < 4.78 is 5.55. The molecule has 4 fully saturated rings. The van der Waals surface area contributed by atoms with E-state index in [-0.39, 0.29) is 5.91 Å². The van der Waals surface area contributed by atoms with Crippen LogP contribution in [-0.2, 0) is 17.7 Å². The summed E-state index contributed by atoms with van der Waals surface area (Å²) in [7, 11) is 2.11. The Morgan fingerprint density at radius 2 is 1.96 bits per heavy atom. The monoisotopic (exact) mass is 373 g/mol. The highest BCUT2D eigenvalue weighted by Gasteiger charge is 2.41. The maximum atomic E-state index is 13.5. The Hall–Kier alpha value is -1.44. The molecule has 1 aromatic heterocycles. The molecule has 5 aliphatic heterocycles. The van der Waals surface area contributed by atoms with Crippen molar-refractivity contribution in [2.75, 3.05) is 46.4 Å². The van der Waals surface area contributed by atoms with Crippen LogP contribution in [0.4, 0.5) is 0 Å². The van der Waals surface area contributed by atoms with Crippen molar-refractivity contribution in [3.8, 4) is 0 Å². The van der Waals surface area contributed by atoms with E-state index in [1.54, 1.807) is 0 Å². The van der Waals surface area contributed by atoms with Crippen LogP contribution >= 0.6 is 0 Å². The average Bonchev–Trinajstić information content (AvgIpc) is 2.89. The maximum absolute atomic E-state index is 13.5. The summed E-state index contributed by atoms with van der Waals surface area (Å²) in [6, 6.07) is 0.955. The van der Waals surface area contributed by atoms with Crippen molar-refractivity contribution in [1.82, 2.24) is 24.9 Å². The normalized spacial score (nSPS) is 30.3. The van der Waals surface area contributed by atoms with Crippen molar-refractivity contribution >= 4 is 5.91 Å². The van der Waals surface area contributed by atoms with Gasteiger partial charge in [0.2, 0.25) is 0 Å². The van der Waals surface area contributed by atoms with Crippen LogP contribution in [0.3, 0.4) is 0 Å². The van der Waals surface area contributed by atoms with Gasteiger partial charge in [-0.2, -0.15) is 5.10 Å². The van der Waals surface area contributed by atoms with Crippen LogP contribution in [0.2, 0.25) is 0 Å². The second-order valence-electron chi connectivity index (χ2n) is 8.87. The number of carbonyl (C=O) groups excluding carboxylic acids is 1. The first-order chi connectivity index (χ1) is 13.2. The standard InChI is InChI=1S/C20H31N5O2/c1-23-7-4-18-17(13-23)19(22-21-18)20(26)25-11-14-2-3-16(25)12-24(10-14)15-5-8-27-9-6-15/h14-16H,2-13H2,1H3,(H,21,22)/t14-,16+/m0/s1. The number of hydrogen-bond acceptors (Lipinski definition) is 5. The van der Waals surface area contributed by atoms with E-state index in [4.69, 9.17) is 4.74 Å². The van der Waals surface area contributed by atoms with E-state index < -0.39 is 0 Å². The Morgan fingerprint density at radius 3 is 2.81 bits per heavy atom. The molecule has 0 saturated carbocycles. The number of aromatic amines is 1. The lowest BCUT2D eigenvalue weighted by Crippen LogP contribution is -2.49. The molecular weight excluding hydrogens is 342 g/mol. The SMILES string of the molecule is CN1CCc2[nH]nc(C(=O)N3C[C@H]4CC[C@@H]3CN(C3CCOCC3)C4)c2C1. The van der Waals surface area contributed by atoms with Gasteiger partial charge in [0.25, 0.3) is 5.91 Å². The summed E-state index contributed by atoms with van der Waals surface area (Å²) in [5.74, 6) is 0.735. The lowest BCUT2D eigenvalue weighted by atomic mass is 9.94. The molecule has 0 unspecified atom stereocenters. The van der Waals surface area contributed by atoms with Gasteiger partial charge in [0.05, 0.1) is 0 Å². The second kappa shape index (κ2) is 7.18. The predicted octanol–water partition coefficient (Wildman–Crippen LogP) is 1.11. The van der Waals surface area contributed by atoms with Gasteiger partial charge >= 0.3 is 0 Å². The Kier molecular flexibility index (Phi) is 4.70. The second-order valence-corrected chi connectivity index (χ2v) is 8.87. The zero-order valence-corrected chi connectivity index (χ0v) is 16.3. The van der Waals surface area contributed by atoms with E-state index in [2.05, 4.69) is 31.9 Å². The van der Waals surface area contributed by atoms with Gasteiger partial charge in [-0.05, 0) is 38.6 Å². The van der Waals surface area contributed by atoms with E-state index in [1.807, 2.05) is 0 Å². The highest BCUT2D eigenvalue weighted by Crippen LogP contribution is 2.32. The van der Waals surface area contributed by atoms with Gasteiger partial charge in [-0.25, -0.2) is 0 Å². The van der Waals surface area contributed by atoms with Gasteiger partial charge in [-0.15, -0.1) is 0 Å². The Labute approximate surface area is 161 Å². The summed E-state index contributed by atoms with van der Waals surface area (Å²) in [5.41, 5.74) is 2.94. The number of H-pyrrole nitrogens is 1. The molecule has 2 atom stereocenters. The molecule has 1 amide bonds. The van der Waals surface area contributed by atoms with Crippen molar-refractivity contribution in [3.05, 3.63) is 17.0 Å². The van der Waals surface area contributed by atoms with Gasteiger partial charge in [0, 0.05) is 75.7 Å². The van der Waals surface area contributed by atoms with Gasteiger partial charge < -0.3 is 14.5 Å². The average molecular weight is 374 g/mol. The number of nitrogens with zero attached hydrogens (tertiary/aromatic N) is 4. The van der Waals surface area contributed by atoms with Crippen molar-refractivity contribution in [2.24, 2.45) is 5.92 Å². The highest BCUT2D eigenvalue weighted by atomic mass is 16.5. The minimum Gasteiger partial charge on any atom is -0.381 e. The molecule has 0 aromatic carbocycles. The molecule has 2 bridgehead atoms. The van der Waals surface area contributed by atoms with Crippen LogP contribution in [0.25, 0.3) is 0 Å². The Morgan fingerprint density at radius 1 is 1.11 bits per heavy atom. The molecule has 148 valence electrons. The van der Waals surface area contributed by atoms with Gasteiger partial charge in [-0.3, -0.25) is 14.8 Å². The maximum Gasteiger partial charge on any atom is 0.274 e. The van der Waals surface area contributed by atoms with Crippen LogP contribution in [0.15, 0.2) is 0 Å². The quantitative estimate of drug-likeness (QED) is 0.841. The van der Waals surface area contributed by atoms with E-state index in [1.165, 1.54) is 6.42 Å². The number of piperidine rings is 1. The number of rotatable bonds is 2. The van der Waals surface area contributed by atoms with E-state index >= 15 is 0 Å². The lowest BCUT2D eigenvalue weighted by Gasteiger charge is -2.37. The Balaban J connectivity index is 1.35. The number of amides is 1. The topological polar surface area (TPSA) is 64.7 Å². The molecule has 7 heteroatoms. The van der Waals surface area contributed by atoms with Crippen LogP contribution in [-0.4, -0.2) is 89.3 Å². The molecule has 0 radical (unpaired) electrons. The number of carbonyl (C=O) groups is 1. The first-order valence-corrected chi connectivity index (χ1v) is 10.6. The smallest absolute Gasteiger partial charge is 0.274 e. The van der Waals surface area contributed by atoms with Crippen LogP contribution < -0.4 is 0 Å². The fourth-order valence-electron chi connectivity index (χ4n) is 5.46. The summed E-state index contributed by atoms with van der Waals surface area (Å²) >= 11 is 0. The lowest BCUT2D eigenvalue weighted by molar-refractivity contribution is 0.0304. The minimum absolute atomic E-state index is 0.145. The van der Waals surface area contributed by atoms with E-state index in [9.17, 15) is 4.79 Å². The minimum atomic E-state index is 0.145. The molecule has 6 heterocycles. The zero-order chi connectivity index (χ0) is 18.4. The largest absolute Gasteiger partial charge is 0.381 e. The molecule has 5 aliphatic rings. The van der Waals surface area contributed by atoms with Crippen LogP contribution in [0.5, 0.6) is 0 Å². The van der Waals surface area contributed by atoms with E-state index in [0.717, 1.165) is 82.9 Å². The number of likely N-dealkylation sites (N-methyl/N-ethyl adjacent to an activating group) is 1. The molecule has 1 aromatic rings. The third-order valence-corrected chi connectivity index (χ3v) is 7.04. The predicted molar refractivity (Wildman–Crippen MR) is 102 cm³/mol. The van der Waals surface area contributed by atoms with Crippen molar-refractivity contribution < 1.29 is 9.53 Å². The fourth-order valence-corrected chi connectivity index (χ4v) is 5.46. The third-order valence-electron chi connectivity index (χ3n) is 7.04. The van der Waals surface area contributed by atoms with Gasteiger partial charge in [0.15, 0.2) is 5.69 Å². The van der Waals surface area contributed by atoms with Crippen molar-refractivity contribution in [2.45, 2.75) is 50.7 Å². The molecule has 6 rings (SSSR count). The number of aromatic nitrogens is 2. The fraction of sp³-hybridized carbons (Fsp3) is 0.800. The summed E-state index contributed by atoms with van der Waals surface area (Å²) in [6.07, 6.45) is 5.59. The number of fused-ring (bicyclic) bond motifs is 5. The molecule has 4 saturated heterocycles. The number of ether oxygens (including phenoxy) is 1.